The van der Waals surface area contributed by atoms with Crippen LogP contribution in [0.4, 0.5) is 0 Å². The van der Waals surface area contributed by atoms with Gasteiger partial charge in [-0.15, -0.1) is 14.3 Å². The molecule has 0 aliphatic rings. The van der Waals surface area contributed by atoms with Crippen molar-refractivity contribution < 1.29 is 0 Å². The second-order valence-electron chi connectivity index (χ2n) is 3.07. The number of nitrogens with zero attached hydrogens (tertiary/aromatic N) is 1. The number of nitrogens with one attached hydrogen (secondary N) is 1. The minimum absolute atomic E-state index is 0.472. The first-order valence-electron chi connectivity index (χ1n) is 4.29. The zero-order chi connectivity index (χ0) is 13.1. The Hall–Kier alpha value is 1.72. The largest absolute Gasteiger partial charge is 0.398 e. The van der Waals surface area contributed by atoms with Crippen LogP contribution in [0.15, 0.2) is 28.8 Å². The van der Waals surface area contributed by atoms with Crippen LogP contribution >= 0.6 is 76.8 Å². The Morgan fingerprint density at radius 2 is 1.71 bits per heavy atom. The van der Waals surface area contributed by atoms with Crippen LogP contribution in [-0.4, -0.2) is 0 Å². The molecule has 1 rings (SSSR count). The van der Waals surface area contributed by atoms with Gasteiger partial charge in [0.15, 0.2) is 22.5 Å². The molecule has 2 nitrogen and oxygen atoms in total. The first kappa shape index (κ1) is 16.8. The number of hydrogen-bond donors (Lipinski definition) is 1. The van der Waals surface area contributed by atoms with Gasteiger partial charge >= 0.3 is 6.27 Å². The van der Waals surface area contributed by atoms with E-state index in [0.717, 1.165) is 10.9 Å². The van der Waals surface area contributed by atoms with Gasteiger partial charge < -0.3 is 0 Å². The van der Waals surface area contributed by atoms with Crippen LogP contribution in [-0.2, 0) is 6.54 Å². The van der Waals surface area contributed by atoms with Crippen molar-refractivity contribution in [1.82, 2.24) is 5.09 Å². The van der Waals surface area contributed by atoms with Gasteiger partial charge in [-0.3, -0.25) is 0 Å². The fourth-order valence-electron chi connectivity index (χ4n) is 0.981. The van der Waals surface area contributed by atoms with Gasteiger partial charge in [0.05, 0.1) is 6.54 Å². The lowest BCUT2D eigenvalue weighted by Crippen LogP contribution is -2.07. The van der Waals surface area contributed by atoms with E-state index >= 15 is 0 Å². The van der Waals surface area contributed by atoms with E-state index in [4.69, 9.17) is 56.2 Å². The van der Waals surface area contributed by atoms with Crippen molar-refractivity contribution in [2.75, 3.05) is 0 Å². The summed E-state index contributed by atoms with van der Waals surface area (Å²) in [6.07, 6.45) is -2.77. The summed E-state index contributed by atoms with van der Waals surface area (Å²) in [7, 11) is 2.61. The fourth-order valence-corrected chi connectivity index (χ4v) is 9.61. The normalized spacial score (nSPS) is 12.6. The van der Waals surface area contributed by atoms with E-state index in [0.29, 0.717) is 6.54 Å². The number of halogens is 5. The molecule has 0 spiro atoms. The van der Waals surface area contributed by atoms with Gasteiger partial charge in [0.2, 0.25) is 0 Å². The van der Waals surface area contributed by atoms with E-state index in [9.17, 15) is 0 Å². The lowest BCUT2D eigenvalue weighted by atomic mass is 10.2. The summed E-state index contributed by atoms with van der Waals surface area (Å²) in [5.74, 6) is 0. The lowest BCUT2D eigenvalue weighted by molar-refractivity contribution is 0.963. The fraction of sp³-hybridized carbons (Fsp3) is 0.143. The Morgan fingerprint density at radius 3 is 2.18 bits per heavy atom. The van der Waals surface area contributed by atoms with E-state index in [-0.39, 0.29) is 0 Å². The molecule has 96 valence electrons. The van der Waals surface area contributed by atoms with Crippen LogP contribution in [0.5, 0.6) is 0 Å². The third-order valence-corrected chi connectivity index (χ3v) is 8.06. The summed E-state index contributed by atoms with van der Waals surface area (Å²) in [6, 6.07) is 7.83. The Morgan fingerprint density at radius 1 is 1.18 bits per heavy atom. The van der Waals surface area contributed by atoms with E-state index in [1.165, 1.54) is 0 Å². The summed E-state index contributed by atoms with van der Waals surface area (Å²) in [4.78, 5) is 0. The molecule has 10 heteroatoms. The number of benzene rings is 1. The monoisotopic (exact) mass is 389 g/mol. The first-order valence-corrected chi connectivity index (χ1v) is 12.9. The van der Waals surface area contributed by atoms with Gasteiger partial charge in [-0.2, -0.15) is 0 Å². The quantitative estimate of drug-likeness (QED) is 0.617. The molecule has 0 amide bonds. The minimum Gasteiger partial charge on any atom is -0.137 e. The summed E-state index contributed by atoms with van der Waals surface area (Å²) in [5, 5.41) is 1.09. The molecule has 0 fully saturated rings. The zero-order valence-electron chi connectivity index (χ0n) is 8.33. The highest BCUT2D eigenvalue weighted by molar-refractivity contribution is 8.30. The average molecular weight is 391 g/mol. The van der Waals surface area contributed by atoms with Crippen LogP contribution in [0, 0.1) is 0 Å². The van der Waals surface area contributed by atoms with Crippen LogP contribution in [0.1, 0.15) is 5.56 Å². The molecule has 0 saturated heterocycles. The van der Waals surface area contributed by atoms with Gasteiger partial charge in [0.1, 0.15) is 0 Å². The third-order valence-electron chi connectivity index (χ3n) is 1.67. The first-order chi connectivity index (χ1) is 7.68. The molecule has 1 unspecified atom stereocenters. The second kappa shape index (κ2) is 6.94. The van der Waals surface area contributed by atoms with Crippen molar-refractivity contribution >= 4 is 82.1 Å². The number of hydrogen-bond acceptors (Lipinski definition) is 2. The van der Waals surface area contributed by atoms with Crippen molar-refractivity contribution in [3.63, 3.8) is 0 Å². The van der Waals surface area contributed by atoms with Crippen LogP contribution in [0.2, 0.25) is 0 Å². The SMILES string of the molecule is Pc1ccc(CN[P+](Cl)(Cl)N=P(Cl)(Cl)Cl)cc1. The van der Waals surface area contributed by atoms with Crippen LogP contribution < -0.4 is 10.4 Å². The van der Waals surface area contributed by atoms with E-state index in [1.807, 2.05) is 24.3 Å². The predicted molar refractivity (Wildman–Crippen MR) is 88.2 cm³/mol. The maximum absolute atomic E-state index is 5.97. The van der Waals surface area contributed by atoms with Crippen LogP contribution in [0.25, 0.3) is 0 Å². The predicted octanol–water partition coefficient (Wildman–Crippen LogP) is 6.09. The molecule has 0 aliphatic carbocycles. The van der Waals surface area contributed by atoms with Gasteiger partial charge in [-0.05, 0) is 49.1 Å². The Bertz CT molecular complexity index is 421. The highest BCUT2D eigenvalue weighted by Crippen LogP contribution is 2.79. The summed E-state index contributed by atoms with van der Waals surface area (Å²) >= 11 is 28.8. The highest BCUT2D eigenvalue weighted by atomic mass is 36.0. The standard InChI is InChI=1S/C7H9Cl5N2P3/c8-16(9,10)14-17(11,12)13-5-6-1-3-7(15)4-2-6/h1-4,13H,5,15H2/q+1. The Kier molecular flexibility index (Phi) is 6.85. The molecule has 0 radical (unpaired) electrons. The molecule has 0 aromatic heterocycles. The molecule has 0 bridgehead atoms. The second-order valence-corrected chi connectivity index (χ2v) is 16.0. The van der Waals surface area contributed by atoms with Crippen molar-refractivity contribution in [3.8, 4) is 0 Å². The summed E-state index contributed by atoms with van der Waals surface area (Å²) < 4.78 is 3.81. The molecular weight excluding hydrogens is 382 g/mol. The molecule has 0 heterocycles. The van der Waals surface area contributed by atoms with Gasteiger partial charge in [0, 0.05) is 0 Å². The molecule has 17 heavy (non-hydrogen) atoms. The molecule has 1 aromatic rings. The van der Waals surface area contributed by atoms with Crippen LogP contribution in [0.3, 0.4) is 0 Å². The zero-order valence-corrected chi connectivity index (χ0v) is 15.0. The molecule has 1 N–H and O–H groups in total. The van der Waals surface area contributed by atoms with Crippen molar-refractivity contribution in [1.29, 1.82) is 0 Å². The highest BCUT2D eigenvalue weighted by Gasteiger charge is 2.37. The van der Waals surface area contributed by atoms with E-state index in [1.54, 1.807) is 0 Å². The topological polar surface area (TPSA) is 24.4 Å². The van der Waals surface area contributed by atoms with E-state index < -0.39 is 11.4 Å². The smallest absolute Gasteiger partial charge is 0.137 e. The molecular formula is C7H9Cl5N2P3+. The Labute approximate surface area is 127 Å². The van der Waals surface area contributed by atoms with Crippen molar-refractivity contribution in [2.24, 2.45) is 4.52 Å². The lowest BCUT2D eigenvalue weighted by Gasteiger charge is -2.07. The van der Waals surface area contributed by atoms with E-state index in [2.05, 4.69) is 18.8 Å². The van der Waals surface area contributed by atoms with Crippen molar-refractivity contribution in [2.45, 2.75) is 6.54 Å². The molecule has 1 atom stereocenters. The average Bonchev–Trinajstić information content (AvgIpc) is 2.13. The van der Waals surface area contributed by atoms with Gasteiger partial charge in [-0.1, -0.05) is 24.3 Å². The molecule has 1 aromatic carbocycles. The van der Waals surface area contributed by atoms with Crippen molar-refractivity contribution in [3.05, 3.63) is 29.8 Å². The summed E-state index contributed by atoms with van der Waals surface area (Å²) in [5.41, 5.74) is 1.03. The van der Waals surface area contributed by atoms with Gasteiger partial charge in [-0.25, -0.2) is 0 Å². The minimum atomic E-state index is -2.91. The Balaban J connectivity index is 2.64. The number of rotatable bonds is 4. The third kappa shape index (κ3) is 7.78. The molecule has 0 saturated carbocycles. The summed E-state index contributed by atoms with van der Waals surface area (Å²) in [6.45, 7) is 0.472. The molecule has 0 aliphatic heterocycles. The van der Waals surface area contributed by atoms with Gasteiger partial charge in [0.25, 0.3) is 5.11 Å². The maximum Gasteiger partial charge on any atom is 0.398 e. The maximum atomic E-state index is 5.97.